The van der Waals surface area contributed by atoms with Crippen LogP contribution in [0.2, 0.25) is 0 Å². The third-order valence-electron chi connectivity index (χ3n) is 6.03. The van der Waals surface area contributed by atoms with Crippen LogP contribution in [0.5, 0.6) is 5.75 Å². The van der Waals surface area contributed by atoms with E-state index in [0.717, 1.165) is 37.2 Å². The Balaban J connectivity index is 1.49. The number of rotatable bonds is 10. The first-order valence-corrected chi connectivity index (χ1v) is 11.2. The van der Waals surface area contributed by atoms with Gasteiger partial charge in [-0.25, -0.2) is 0 Å². The lowest BCUT2D eigenvalue weighted by Gasteiger charge is -2.40. The fourth-order valence-corrected chi connectivity index (χ4v) is 4.23. The number of hydrogen-bond acceptors (Lipinski definition) is 4. The van der Waals surface area contributed by atoms with Gasteiger partial charge >= 0.3 is 6.18 Å². The number of amides is 1. The van der Waals surface area contributed by atoms with E-state index in [9.17, 15) is 18.0 Å². The average Bonchev–Trinajstić information content (AvgIpc) is 2.67. The zero-order valence-electron chi connectivity index (χ0n) is 19.0. The van der Waals surface area contributed by atoms with E-state index < -0.39 is 12.6 Å². The molecule has 2 atom stereocenters. The van der Waals surface area contributed by atoms with Crippen LogP contribution in [0.1, 0.15) is 37.8 Å². The summed E-state index contributed by atoms with van der Waals surface area (Å²) in [6.07, 6.45) is -1.94. The maximum absolute atomic E-state index is 12.3. The second-order valence-electron chi connectivity index (χ2n) is 9.01. The highest BCUT2D eigenvalue weighted by Crippen LogP contribution is 2.32. The number of fused-ring (bicyclic) bond motifs is 1. The number of alkyl halides is 3. The maximum atomic E-state index is 12.3. The summed E-state index contributed by atoms with van der Waals surface area (Å²) in [6.45, 7) is 7.04. The summed E-state index contributed by atoms with van der Waals surface area (Å²) in [5, 5.41) is 2.99. The summed E-state index contributed by atoms with van der Waals surface area (Å²) >= 11 is 0. The van der Waals surface area contributed by atoms with Crippen LogP contribution in [-0.4, -0.2) is 63.0 Å². The topological polar surface area (TPSA) is 50.8 Å². The molecule has 1 fully saturated rings. The van der Waals surface area contributed by atoms with Gasteiger partial charge in [-0.05, 0) is 48.9 Å². The van der Waals surface area contributed by atoms with Gasteiger partial charge in [0.25, 0.3) is 0 Å². The average molecular weight is 455 g/mol. The van der Waals surface area contributed by atoms with Crippen LogP contribution in [0.4, 0.5) is 13.2 Å². The van der Waals surface area contributed by atoms with Gasteiger partial charge in [-0.3, -0.25) is 9.69 Å². The van der Waals surface area contributed by atoms with Crippen LogP contribution in [-0.2, 0) is 16.0 Å². The quantitative estimate of drug-likeness (QED) is 0.542. The molecule has 2 aliphatic rings. The zero-order valence-corrected chi connectivity index (χ0v) is 19.0. The Morgan fingerprint density at radius 1 is 1.31 bits per heavy atom. The van der Waals surface area contributed by atoms with E-state index >= 15 is 0 Å². The van der Waals surface area contributed by atoms with Crippen LogP contribution >= 0.6 is 0 Å². The normalized spacial score (nSPS) is 20.2. The lowest BCUT2D eigenvalue weighted by Crippen LogP contribution is -2.55. The molecule has 8 heteroatoms. The highest BCUT2D eigenvalue weighted by Gasteiger charge is 2.34. The highest BCUT2D eigenvalue weighted by atomic mass is 19.4. The second-order valence-corrected chi connectivity index (χ2v) is 9.01. The Labute approximate surface area is 187 Å². The molecule has 0 bridgehead atoms. The minimum Gasteiger partial charge on any atom is -0.494 e. The Morgan fingerprint density at radius 2 is 2.06 bits per heavy atom. The molecule has 1 N–H and O–H groups in total. The van der Waals surface area contributed by atoms with E-state index in [1.54, 1.807) is 7.11 Å². The third kappa shape index (κ3) is 6.97. The predicted octanol–water partition coefficient (Wildman–Crippen LogP) is 4.07. The SMILES string of the molecule is COC[C@H](C)NC(=O)C1CN(CC2=Cc3ccc(OCCCC(F)(F)F)cc3C[C@@H]2C)C1. The third-order valence-corrected chi connectivity index (χ3v) is 6.03. The van der Waals surface area contributed by atoms with Crippen LogP contribution in [0, 0.1) is 11.8 Å². The van der Waals surface area contributed by atoms with Crippen molar-refractivity contribution in [2.24, 2.45) is 11.8 Å². The van der Waals surface area contributed by atoms with Crippen LogP contribution in [0.3, 0.4) is 0 Å². The molecule has 0 saturated carbocycles. The molecular weight excluding hydrogens is 421 g/mol. The van der Waals surface area contributed by atoms with Crippen molar-refractivity contribution in [3.05, 3.63) is 34.9 Å². The van der Waals surface area contributed by atoms with Crippen molar-refractivity contribution in [2.75, 3.05) is 40.0 Å². The first kappa shape index (κ1) is 24.6. The van der Waals surface area contributed by atoms with Gasteiger partial charge in [0.1, 0.15) is 5.75 Å². The fourth-order valence-electron chi connectivity index (χ4n) is 4.23. The van der Waals surface area contributed by atoms with Gasteiger partial charge in [0.2, 0.25) is 5.91 Å². The van der Waals surface area contributed by atoms with Gasteiger partial charge in [0, 0.05) is 39.2 Å². The molecule has 1 amide bonds. The number of nitrogens with zero attached hydrogens (tertiary/aromatic N) is 1. The summed E-state index contributed by atoms with van der Waals surface area (Å²) < 4.78 is 47.4. The molecule has 0 unspecified atom stereocenters. The first-order chi connectivity index (χ1) is 15.1. The molecule has 0 aromatic heterocycles. The number of hydrogen-bond donors (Lipinski definition) is 1. The fraction of sp³-hybridized carbons (Fsp3) is 0.625. The van der Waals surface area contributed by atoms with Crippen LogP contribution < -0.4 is 10.1 Å². The van der Waals surface area contributed by atoms with Crippen LogP contribution in [0.15, 0.2) is 23.8 Å². The molecule has 3 rings (SSSR count). The Morgan fingerprint density at radius 3 is 2.75 bits per heavy atom. The van der Waals surface area contributed by atoms with Gasteiger partial charge in [-0.15, -0.1) is 0 Å². The lowest BCUT2D eigenvalue weighted by molar-refractivity contribution is -0.136. The van der Waals surface area contributed by atoms with Crippen LogP contribution in [0.25, 0.3) is 6.08 Å². The molecule has 0 spiro atoms. The van der Waals surface area contributed by atoms with Crippen molar-refractivity contribution in [1.82, 2.24) is 10.2 Å². The summed E-state index contributed by atoms with van der Waals surface area (Å²) in [5.74, 6) is 1.09. The number of methoxy groups -OCH3 is 1. The molecule has 32 heavy (non-hydrogen) atoms. The molecule has 0 radical (unpaired) electrons. The van der Waals surface area contributed by atoms with Crippen molar-refractivity contribution in [3.63, 3.8) is 0 Å². The number of benzene rings is 1. The standard InChI is InChI=1S/C24H33F3N2O3/c1-16-9-19-11-22(32-8-4-7-24(25,26)27)6-5-18(19)10-20(16)12-29-13-21(14-29)23(30)28-17(2)15-31-3/h5-6,10-11,16-17,21H,4,7-9,12-15H2,1-3H3,(H,28,30)/t16-,17-/m0/s1. The number of carbonyl (C=O) groups is 1. The summed E-state index contributed by atoms with van der Waals surface area (Å²) in [6, 6.07) is 5.75. The molecule has 1 aliphatic carbocycles. The van der Waals surface area contributed by atoms with Gasteiger partial charge in [0.05, 0.1) is 19.1 Å². The molecule has 1 saturated heterocycles. The van der Waals surface area contributed by atoms with Crippen molar-refractivity contribution in [2.45, 2.75) is 45.3 Å². The van der Waals surface area contributed by atoms with E-state index in [-0.39, 0.29) is 30.9 Å². The molecule has 178 valence electrons. The Bertz CT molecular complexity index is 819. The molecule has 1 heterocycles. The van der Waals surface area contributed by atoms with E-state index in [4.69, 9.17) is 9.47 Å². The smallest absolute Gasteiger partial charge is 0.389 e. The molecular formula is C24H33F3N2O3. The van der Waals surface area contributed by atoms with Crippen molar-refractivity contribution < 1.29 is 27.4 Å². The van der Waals surface area contributed by atoms with E-state index in [0.29, 0.717) is 18.3 Å². The van der Waals surface area contributed by atoms with E-state index in [1.807, 2.05) is 25.1 Å². The largest absolute Gasteiger partial charge is 0.494 e. The van der Waals surface area contributed by atoms with Gasteiger partial charge in [0.15, 0.2) is 0 Å². The monoisotopic (exact) mass is 454 g/mol. The minimum absolute atomic E-state index is 0.0117. The number of ether oxygens (including phenoxy) is 2. The highest BCUT2D eigenvalue weighted by molar-refractivity contribution is 5.80. The van der Waals surface area contributed by atoms with Crippen molar-refractivity contribution in [3.8, 4) is 5.75 Å². The van der Waals surface area contributed by atoms with E-state index in [2.05, 4.69) is 23.2 Å². The molecule has 1 aromatic carbocycles. The second kappa shape index (κ2) is 10.7. The number of carbonyl (C=O) groups excluding carboxylic acids is 1. The summed E-state index contributed by atoms with van der Waals surface area (Å²) in [4.78, 5) is 14.6. The lowest BCUT2D eigenvalue weighted by atomic mass is 9.83. The van der Waals surface area contributed by atoms with E-state index in [1.165, 1.54) is 5.57 Å². The zero-order chi connectivity index (χ0) is 23.3. The first-order valence-electron chi connectivity index (χ1n) is 11.2. The molecule has 1 aliphatic heterocycles. The van der Waals surface area contributed by atoms with Crippen molar-refractivity contribution >= 4 is 12.0 Å². The Hall–Kier alpha value is -2.06. The number of nitrogens with one attached hydrogen (secondary N) is 1. The predicted molar refractivity (Wildman–Crippen MR) is 117 cm³/mol. The summed E-state index contributed by atoms with van der Waals surface area (Å²) in [7, 11) is 1.62. The number of halogens is 3. The molecule has 1 aromatic rings. The Kier molecular flexibility index (Phi) is 8.22. The number of likely N-dealkylation sites (tertiary alicyclic amines) is 1. The van der Waals surface area contributed by atoms with Gasteiger partial charge in [-0.2, -0.15) is 13.2 Å². The maximum Gasteiger partial charge on any atom is 0.389 e. The summed E-state index contributed by atoms with van der Waals surface area (Å²) in [5.41, 5.74) is 3.62. The minimum atomic E-state index is -4.14. The van der Waals surface area contributed by atoms with Gasteiger partial charge in [-0.1, -0.05) is 24.6 Å². The van der Waals surface area contributed by atoms with Crippen molar-refractivity contribution in [1.29, 1.82) is 0 Å². The van der Waals surface area contributed by atoms with Gasteiger partial charge < -0.3 is 14.8 Å². The molecule has 5 nitrogen and oxygen atoms in total.